The summed E-state index contributed by atoms with van der Waals surface area (Å²) in [6, 6.07) is 17.1. The van der Waals surface area contributed by atoms with Gasteiger partial charge in [-0.05, 0) is 81.8 Å². The summed E-state index contributed by atoms with van der Waals surface area (Å²) in [6.07, 6.45) is 2.71. The molecular formula is C24H32N2O2S. The third kappa shape index (κ3) is 6.17. The summed E-state index contributed by atoms with van der Waals surface area (Å²) in [4.78, 5) is 15.9. The number of rotatable bonds is 6. The normalized spacial score (nSPS) is 15.2. The Hall–Kier alpha value is -2.14. The Labute approximate surface area is 179 Å². The maximum atomic E-state index is 12.4. The van der Waals surface area contributed by atoms with Gasteiger partial charge in [0, 0.05) is 18.0 Å². The lowest BCUT2D eigenvalue weighted by atomic mass is 9.96. The summed E-state index contributed by atoms with van der Waals surface area (Å²) < 4.78 is 9.09. The number of piperidine rings is 1. The van der Waals surface area contributed by atoms with Crippen LogP contribution in [0.3, 0.4) is 0 Å². The lowest BCUT2D eigenvalue weighted by Crippen LogP contribution is -2.39. The molecule has 0 aromatic heterocycles. The second-order valence-corrected chi connectivity index (χ2v) is 9.39. The number of esters is 1. The Morgan fingerprint density at radius 2 is 1.76 bits per heavy atom. The minimum absolute atomic E-state index is 0.00273. The van der Waals surface area contributed by atoms with E-state index in [2.05, 4.69) is 65.1 Å². The molecule has 0 radical (unpaired) electrons. The molecule has 0 aliphatic carbocycles. The van der Waals surface area contributed by atoms with Gasteiger partial charge in [0.05, 0.1) is 17.3 Å². The number of carbonyl (C=O) groups is 1. The smallest absolute Gasteiger partial charge is 0.309 e. The highest BCUT2D eigenvalue weighted by atomic mass is 32.2. The standard InChI is InChI=1S/C24H32N2O2S/c1-5-18-10-12-20(13-11-18)29-25-21-8-6-7-9-22(21)26-16-14-19(15-17-26)23(27)28-24(2,3)4/h6-13,19,25H,5,14-17H2,1-4H3. The molecule has 1 aliphatic heterocycles. The van der Waals surface area contributed by atoms with E-state index in [9.17, 15) is 4.79 Å². The van der Waals surface area contributed by atoms with E-state index < -0.39 is 5.60 Å². The summed E-state index contributed by atoms with van der Waals surface area (Å²) in [5, 5.41) is 0. The van der Waals surface area contributed by atoms with Crippen LogP contribution >= 0.6 is 11.9 Å². The molecule has 2 aromatic rings. The molecule has 2 aromatic carbocycles. The van der Waals surface area contributed by atoms with Gasteiger partial charge in [0.1, 0.15) is 5.60 Å². The maximum absolute atomic E-state index is 12.4. The first-order chi connectivity index (χ1) is 13.9. The number of aryl methyl sites for hydroxylation is 1. The fraction of sp³-hybridized carbons (Fsp3) is 0.458. The van der Waals surface area contributed by atoms with Gasteiger partial charge in [-0.3, -0.25) is 4.79 Å². The molecule has 0 atom stereocenters. The first-order valence-corrected chi connectivity index (χ1v) is 11.3. The Balaban J connectivity index is 1.60. The number of para-hydroxylation sites is 2. The summed E-state index contributed by atoms with van der Waals surface area (Å²) in [5.74, 6) is -0.0632. The zero-order valence-electron chi connectivity index (χ0n) is 17.9. The SMILES string of the molecule is CCc1ccc(SNc2ccccc2N2CCC(C(=O)OC(C)(C)C)CC2)cc1. The highest BCUT2D eigenvalue weighted by molar-refractivity contribution is 8.00. The monoisotopic (exact) mass is 412 g/mol. The van der Waals surface area contributed by atoms with Gasteiger partial charge in [-0.1, -0.05) is 31.2 Å². The molecule has 156 valence electrons. The minimum atomic E-state index is -0.419. The van der Waals surface area contributed by atoms with Gasteiger partial charge in [0.25, 0.3) is 0 Å². The number of hydrogen-bond donors (Lipinski definition) is 1. The molecule has 5 heteroatoms. The van der Waals surface area contributed by atoms with Crippen molar-refractivity contribution in [3.05, 3.63) is 54.1 Å². The second kappa shape index (κ2) is 9.57. The summed E-state index contributed by atoms with van der Waals surface area (Å²) in [5.41, 5.74) is 3.22. The van der Waals surface area contributed by atoms with Gasteiger partial charge in [-0.2, -0.15) is 0 Å². The Morgan fingerprint density at radius 1 is 1.10 bits per heavy atom. The van der Waals surface area contributed by atoms with Crippen LogP contribution in [0.5, 0.6) is 0 Å². The van der Waals surface area contributed by atoms with Crippen molar-refractivity contribution in [2.45, 2.75) is 57.5 Å². The van der Waals surface area contributed by atoms with E-state index in [1.54, 1.807) is 11.9 Å². The van der Waals surface area contributed by atoms with Crippen LogP contribution < -0.4 is 9.62 Å². The summed E-state index contributed by atoms with van der Waals surface area (Å²) in [7, 11) is 0. The molecule has 1 saturated heterocycles. The predicted molar refractivity (Wildman–Crippen MR) is 123 cm³/mol. The lowest BCUT2D eigenvalue weighted by Gasteiger charge is -2.34. The van der Waals surface area contributed by atoms with E-state index >= 15 is 0 Å². The molecule has 0 bridgehead atoms. The highest BCUT2D eigenvalue weighted by Crippen LogP contribution is 2.33. The van der Waals surface area contributed by atoms with E-state index in [4.69, 9.17) is 4.74 Å². The van der Waals surface area contributed by atoms with Crippen molar-refractivity contribution in [2.75, 3.05) is 22.7 Å². The Morgan fingerprint density at radius 3 is 2.38 bits per heavy atom. The molecule has 0 amide bonds. The van der Waals surface area contributed by atoms with E-state index in [-0.39, 0.29) is 11.9 Å². The second-order valence-electron chi connectivity index (χ2n) is 8.51. The van der Waals surface area contributed by atoms with Gasteiger partial charge < -0.3 is 14.4 Å². The van der Waals surface area contributed by atoms with Gasteiger partial charge in [0.15, 0.2) is 0 Å². The van der Waals surface area contributed by atoms with Crippen molar-refractivity contribution in [1.82, 2.24) is 0 Å². The molecule has 3 rings (SSSR count). The first kappa shape index (κ1) is 21.6. The zero-order valence-corrected chi connectivity index (χ0v) is 18.7. The predicted octanol–water partition coefficient (Wildman–Crippen LogP) is 5.93. The molecule has 1 N–H and O–H groups in total. The van der Waals surface area contributed by atoms with Gasteiger partial charge >= 0.3 is 5.97 Å². The fourth-order valence-electron chi connectivity index (χ4n) is 3.48. The molecule has 1 heterocycles. The Kier molecular flexibility index (Phi) is 7.12. The number of anilines is 2. The van der Waals surface area contributed by atoms with Crippen LogP contribution in [0.15, 0.2) is 53.4 Å². The number of hydrogen-bond acceptors (Lipinski definition) is 5. The van der Waals surface area contributed by atoms with Gasteiger partial charge in [0.2, 0.25) is 0 Å². The van der Waals surface area contributed by atoms with Crippen molar-refractivity contribution < 1.29 is 9.53 Å². The van der Waals surface area contributed by atoms with E-state index in [0.29, 0.717) is 0 Å². The van der Waals surface area contributed by atoms with Crippen molar-refractivity contribution >= 4 is 29.3 Å². The van der Waals surface area contributed by atoms with E-state index in [1.807, 2.05) is 20.8 Å². The average Bonchev–Trinajstić information content (AvgIpc) is 2.72. The fourth-order valence-corrected chi connectivity index (χ4v) is 4.16. The molecule has 1 fully saturated rings. The van der Waals surface area contributed by atoms with Crippen LogP contribution in [0.4, 0.5) is 11.4 Å². The number of nitrogens with one attached hydrogen (secondary N) is 1. The zero-order chi connectivity index (χ0) is 20.9. The summed E-state index contributed by atoms with van der Waals surface area (Å²) in [6.45, 7) is 9.67. The number of ether oxygens (including phenoxy) is 1. The van der Waals surface area contributed by atoms with Crippen molar-refractivity contribution in [3.63, 3.8) is 0 Å². The van der Waals surface area contributed by atoms with Crippen LogP contribution in [0.25, 0.3) is 0 Å². The lowest BCUT2D eigenvalue weighted by molar-refractivity contribution is -0.160. The van der Waals surface area contributed by atoms with E-state index in [0.717, 1.165) is 38.0 Å². The maximum Gasteiger partial charge on any atom is 0.309 e. The average molecular weight is 413 g/mol. The summed E-state index contributed by atoms with van der Waals surface area (Å²) >= 11 is 1.63. The number of nitrogens with zero attached hydrogens (tertiary/aromatic N) is 1. The van der Waals surface area contributed by atoms with Crippen LogP contribution in [0.2, 0.25) is 0 Å². The molecule has 0 spiro atoms. The van der Waals surface area contributed by atoms with Crippen molar-refractivity contribution in [3.8, 4) is 0 Å². The van der Waals surface area contributed by atoms with Crippen LogP contribution in [-0.4, -0.2) is 24.7 Å². The van der Waals surface area contributed by atoms with E-state index in [1.165, 1.54) is 16.1 Å². The molecular weight excluding hydrogens is 380 g/mol. The Bertz CT molecular complexity index is 806. The molecule has 29 heavy (non-hydrogen) atoms. The highest BCUT2D eigenvalue weighted by Gasteiger charge is 2.29. The largest absolute Gasteiger partial charge is 0.460 e. The topological polar surface area (TPSA) is 41.6 Å². The van der Waals surface area contributed by atoms with Crippen LogP contribution in [0.1, 0.15) is 46.1 Å². The quantitative estimate of drug-likeness (QED) is 0.471. The van der Waals surface area contributed by atoms with Crippen molar-refractivity contribution in [2.24, 2.45) is 5.92 Å². The van der Waals surface area contributed by atoms with Crippen molar-refractivity contribution in [1.29, 1.82) is 0 Å². The third-order valence-corrected chi connectivity index (χ3v) is 5.92. The minimum Gasteiger partial charge on any atom is -0.460 e. The molecule has 0 saturated carbocycles. The molecule has 0 unspecified atom stereocenters. The number of carbonyl (C=O) groups excluding carboxylic acids is 1. The number of benzene rings is 2. The van der Waals surface area contributed by atoms with Gasteiger partial charge in [-0.25, -0.2) is 0 Å². The van der Waals surface area contributed by atoms with Crippen LogP contribution in [0, 0.1) is 5.92 Å². The van der Waals surface area contributed by atoms with Crippen LogP contribution in [-0.2, 0) is 16.0 Å². The van der Waals surface area contributed by atoms with Gasteiger partial charge in [-0.15, -0.1) is 0 Å². The molecule has 1 aliphatic rings. The first-order valence-electron chi connectivity index (χ1n) is 10.4. The third-order valence-electron chi connectivity index (χ3n) is 5.09. The molecule has 4 nitrogen and oxygen atoms in total.